The van der Waals surface area contributed by atoms with Crippen LogP contribution in [0.3, 0.4) is 0 Å². The van der Waals surface area contributed by atoms with Crippen molar-refractivity contribution in [1.29, 1.82) is 0 Å². The highest BCUT2D eigenvalue weighted by Gasteiger charge is 2.37. The zero-order valence-electron chi connectivity index (χ0n) is 16.8. The van der Waals surface area contributed by atoms with Gasteiger partial charge in [0.25, 0.3) is 0 Å². The quantitative estimate of drug-likeness (QED) is 0.474. The van der Waals surface area contributed by atoms with Gasteiger partial charge in [-0.25, -0.2) is 4.98 Å². The van der Waals surface area contributed by atoms with Crippen molar-refractivity contribution in [3.05, 3.63) is 90.4 Å². The summed E-state index contributed by atoms with van der Waals surface area (Å²) in [5.41, 5.74) is 3.21. The van der Waals surface area contributed by atoms with Crippen molar-refractivity contribution < 1.29 is 9.21 Å². The van der Waals surface area contributed by atoms with E-state index in [0.717, 1.165) is 27.9 Å². The number of amides is 1. The molecular weight excluding hydrogens is 406 g/mol. The standard InChI is InChI=1S/C23H17N7O2/c31-23(22-29-28-21(32-22)14-5-8-24-9-6-14)30-10-7-17-19(27-13-26-17)20(30)18-11-15-3-1-2-4-16(15)12-25-18/h1-6,8-9,11-13,20H,7,10H2,(H,26,27)/t20-/m1/s1. The maximum Gasteiger partial charge on any atom is 0.312 e. The molecule has 0 saturated carbocycles. The molecule has 0 saturated heterocycles. The molecule has 5 heterocycles. The van der Waals surface area contributed by atoms with Crippen LogP contribution in [0.25, 0.3) is 22.2 Å². The summed E-state index contributed by atoms with van der Waals surface area (Å²) in [5, 5.41) is 10.1. The maximum absolute atomic E-state index is 13.5. The molecule has 9 nitrogen and oxygen atoms in total. The first-order valence-electron chi connectivity index (χ1n) is 10.2. The number of benzene rings is 1. The van der Waals surface area contributed by atoms with Crippen molar-refractivity contribution in [3.63, 3.8) is 0 Å². The van der Waals surface area contributed by atoms with E-state index >= 15 is 0 Å². The highest BCUT2D eigenvalue weighted by molar-refractivity contribution is 5.91. The lowest BCUT2D eigenvalue weighted by molar-refractivity contribution is 0.0647. The summed E-state index contributed by atoms with van der Waals surface area (Å²) in [6.07, 6.45) is 7.39. The molecule has 0 aliphatic carbocycles. The van der Waals surface area contributed by atoms with Crippen LogP contribution in [0.4, 0.5) is 0 Å². The van der Waals surface area contributed by atoms with Gasteiger partial charge >= 0.3 is 11.8 Å². The molecule has 5 aromatic rings. The molecule has 0 fully saturated rings. The van der Waals surface area contributed by atoms with E-state index < -0.39 is 6.04 Å². The Balaban J connectivity index is 1.40. The highest BCUT2D eigenvalue weighted by Crippen LogP contribution is 2.34. The molecule has 1 atom stereocenters. The van der Waals surface area contributed by atoms with Gasteiger partial charge in [0.1, 0.15) is 6.04 Å². The lowest BCUT2D eigenvalue weighted by atomic mass is 9.98. The molecule has 0 spiro atoms. The Morgan fingerprint density at radius 2 is 1.91 bits per heavy atom. The van der Waals surface area contributed by atoms with Crippen LogP contribution in [0.2, 0.25) is 0 Å². The van der Waals surface area contributed by atoms with Crippen molar-refractivity contribution in [2.45, 2.75) is 12.5 Å². The fourth-order valence-electron chi connectivity index (χ4n) is 4.09. The molecule has 1 aliphatic rings. The molecule has 32 heavy (non-hydrogen) atoms. The third-order valence-corrected chi connectivity index (χ3v) is 5.65. The zero-order chi connectivity index (χ0) is 21.5. The molecule has 9 heteroatoms. The molecule has 6 rings (SSSR count). The minimum atomic E-state index is -0.460. The van der Waals surface area contributed by atoms with Crippen molar-refractivity contribution in [2.24, 2.45) is 0 Å². The van der Waals surface area contributed by atoms with Crippen LogP contribution in [-0.4, -0.2) is 47.5 Å². The number of hydrogen-bond donors (Lipinski definition) is 1. The number of carbonyl (C=O) groups excluding carboxylic acids is 1. The second-order valence-electron chi connectivity index (χ2n) is 7.52. The van der Waals surface area contributed by atoms with Crippen molar-refractivity contribution >= 4 is 16.7 Å². The fraction of sp³-hybridized carbons (Fsp3) is 0.130. The Bertz CT molecular complexity index is 1430. The van der Waals surface area contributed by atoms with Gasteiger partial charge in [-0.15, -0.1) is 10.2 Å². The van der Waals surface area contributed by atoms with E-state index in [1.807, 2.05) is 36.5 Å². The molecule has 1 aromatic carbocycles. The minimum Gasteiger partial charge on any atom is -0.412 e. The van der Waals surface area contributed by atoms with E-state index in [-0.39, 0.29) is 17.7 Å². The van der Waals surface area contributed by atoms with Crippen LogP contribution in [0, 0.1) is 0 Å². The molecule has 0 bridgehead atoms. The number of carbonyl (C=O) groups is 1. The molecular formula is C23H17N7O2. The smallest absolute Gasteiger partial charge is 0.312 e. The summed E-state index contributed by atoms with van der Waals surface area (Å²) >= 11 is 0. The number of aromatic amines is 1. The number of fused-ring (bicyclic) bond motifs is 2. The Morgan fingerprint density at radius 1 is 1.06 bits per heavy atom. The predicted octanol–water partition coefficient (Wildman–Crippen LogP) is 3.19. The molecule has 1 amide bonds. The topological polar surface area (TPSA) is 114 Å². The number of imidazole rings is 1. The number of nitrogens with one attached hydrogen (secondary N) is 1. The van der Waals surface area contributed by atoms with E-state index in [0.29, 0.717) is 18.5 Å². The summed E-state index contributed by atoms with van der Waals surface area (Å²) in [4.78, 5) is 31.5. The summed E-state index contributed by atoms with van der Waals surface area (Å²) in [5.74, 6) is -0.151. The van der Waals surface area contributed by atoms with E-state index in [2.05, 4.69) is 30.1 Å². The van der Waals surface area contributed by atoms with Crippen LogP contribution in [0.1, 0.15) is 33.8 Å². The highest BCUT2D eigenvalue weighted by atomic mass is 16.4. The summed E-state index contributed by atoms with van der Waals surface area (Å²) < 4.78 is 5.72. The van der Waals surface area contributed by atoms with Gasteiger partial charge in [-0.1, -0.05) is 24.3 Å². The Hall–Kier alpha value is -4.40. The Morgan fingerprint density at radius 3 is 2.78 bits per heavy atom. The van der Waals surface area contributed by atoms with Gasteiger partial charge in [0.2, 0.25) is 5.89 Å². The van der Waals surface area contributed by atoms with Gasteiger partial charge in [0.15, 0.2) is 0 Å². The monoisotopic (exact) mass is 423 g/mol. The third-order valence-electron chi connectivity index (χ3n) is 5.65. The van der Waals surface area contributed by atoms with Gasteiger partial charge in [0, 0.05) is 48.2 Å². The third kappa shape index (κ3) is 3.02. The average Bonchev–Trinajstić information content (AvgIpc) is 3.53. The second kappa shape index (κ2) is 7.38. The lowest BCUT2D eigenvalue weighted by Crippen LogP contribution is -2.41. The van der Waals surface area contributed by atoms with Crippen LogP contribution in [0.15, 0.2) is 71.8 Å². The normalized spacial score (nSPS) is 15.6. The molecule has 0 radical (unpaired) electrons. The van der Waals surface area contributed by atoms with Crippen molar-refractivity contribution in [3.8, 4) is 11.5 Å². The summed E-state index contributed by atoms with van der Waals surface area (Å²) in [6.45, 7) is 0.472. The molecule has 0 unspecified atom stereocenters. The van der Waals surface area contributed by atoms with E-state index in [9.17, 15) is 4.79 Å². The number of nitrogens with zero attached hydrogens (tertiary/aromatic N) is 6. The largest absolute Gasteiger partial charge is 0.412 e. The van der Waals surface area contributed by atoms with Gasteiger partial charge in [-0.2, -0.15) is 0 Å². The lowest BCUT2D eigenvalue weighted by Gasteiger charge is -2.33. The van der Waals surface area contributed by atoms with E-state index in [1.165, 1.54) is 0 Å². The number of aromatic nitrogens is 6. The average molecular weight is 423 g/mol. The van der Waals surface area contributed by atoms with Gasteiger partial charge in [0.05, 0.1) is 17.7 Å². The minimum absolute atomic E-state index is 0.0680. The van der Waals surface area contributed by atoms with Gasteiger partial charge < -0.3 is 14.3 Å². The number of rotatable bonds is 3. The maximum atomic E-state index is 13.5. The van der Waals surface area contributed by atoms with Gasteiger partial charge in [-0.3, -0.25) is 14.8 Å². The van der Waals surface area contributed by atoms with Crippen LogP contribution < -0.4 is 0 Å². The Kier molecular flexibility index (Phi) is 4.24. The zero-order valence-corrected chi connectivity index (χ0v) is 16.8. The number of pyridine rings is 2. The van der Waals surface area contributed by atoms with Crippen LogP contribution >= 0.6 is 0 Å². The fourth-order valence-corrected chi connectivity index (χ4v) is 4.09. The number of H-pyrrole nitrogens is 1. The molecule has 4 aromatic heterocycles. The van der Waals surface area contributed by atoms with Crippen molar-refractivity contribution in [1.82, 2.24) is 35.0 Å². The molecule has 1 N–H and O–H groups in total. The van der Waals surface area contributed by atoms with Crippen LogP contribution in [0.5, 0.6) is 0 Å². The summed E-state index contributed by atoms with van der Waals surface area (Å²) in [7, 11) is 0. The Labute approximate surface area is 182 Å². The second-order valence-corrected chi connectivity index (χ2v) is 7.52. The first-order valence-corrected chi connectivity index (χ1v) is 10.2. The van der Waals surface area contributed by atoms with Crippen LogP contribution in [-0.2, 0) is 6.42 Å². The van der Waals surface area contributed by atoms with Gasteiger partial charge in [-0.05, 0) is 23.6 Å². The first-order chi connectivity index (χ1) is 15.8. The predicted molar refractivity (Wildman–Crippen MR) is 114 cm³/mol. The summed E-state index contributed by atoms with van der Waals surface area (Å²) in [6, 6.07) is 13.0. The SMILES string of the molecule is O=C(c1nnc(-c2ccncc2)o1)N1CCc2[nH]cnc2[C@H]1c1cc2ccccc2cn1. The van der Waals surface area contributed by atoms with E-state index in [4.69, 9.17) is 4.42 Å². The van der Waals surface area contributed by atoms with Crippen molar-refractivity contribution in [2.75, 3.05) is 6.54 Å². The molecule has 156 valence electrons. The first kappa shape index (κ1) is 18.4. The molecule has 1 aliphatic heterocycles. The van der Waals surface area contributed by atoms with E-state index in [1.54, 1.807) is 35.8 Å². The number of hydrogen-bond acceptors (Lipinski definition) is 7.